The molecule has 8 nitrogen and oxygen atoms in total. The second kappa shape index (κ2) is 9.36. The molecule has 1 saturated heterocycles. The monoisotopic (exact) mass is 492 g/mol. The fourth-order valence-electron chi connectivity index (χ4n) is 4.68. The lowest BCUT2D eigenvalue weighted by Crippen LogP contribution is -2.47. The minimum Gasteiger partial charge on any atom is -0.340 e. The van der Waals surface area contributed by atoms with E-state index in [-0.39, 0.29) is 11.2 Å². The van der Waals surface area contributed by atoms with Crippen LogP contribution in [0.4, 0.5) is 5.95 Å². The van der Waals surface area contributed by atoms with Crippen LogP contribution in [0.5, 0.6) is 0 Å². The number of halogens is 1. The molecule has 0 unspecified atom stereocenters. The maximum absolute atomic E-state index is 13.2. The lowest BCUT2D eigenvalue weighted by Gasteiger charge is -2.35. The first-order valence-electron chi connectivity index (χ1n) is 11.8. The summed E-state index contributed by atoms with van der Waals surface area (Å²) < 4.78 is 4.58. The lowest BCUT2D eigenvalue weighted by atomic mass is 10.1. The van der Waals surface area contributed by atoms with Gasteiger partial charge in [0.2, 0.25) is 5.95 Å². The van der Waals surface area contributed by atoms with Crippen molar-refractivity contribution in [2.75, 3.05) is 31.1 Å². The van der Waals surface area contributed by atoms with Crippen LogP contribution < -0.4 is 16.1 Å². The third-order valence-corrected chi connectivity index (χ3v) is 7.16. The highest BCUT2D eigenvalue weighted by Crippen LogP contribution is 2.24. The first kappa shape index (κ1) is 23.4. The number of benzene rings is 2. The van der Waals surface area contributed by atoms with Gasteiger partial charge in [-0.05, 0) is 24.1 Å². The highest BCUT2D eigenvalue weighted by atomic mass is 35.5. The summed E-state index contributed by atoms with van der Waals surface area (Å²) in [5.74, 6) is 0.719. The van der Waals surface area contributed by atoms with Gasteiger partial charge in [-0.3, -0.25) is 23.4 Å². The average molecular weight is 493 g/mol. The number of hydrogen-bond acceptors (Lipinski definition) is 5. The van der Waals surface area contributed by atoms with E-state index in [4.69, 9.17) is 16.6 Å². The molecule has 0 atom stereocenters. The number of aromatic nitrogens is 4. The Morgan fingerprint density at radius 1 is 0.886 bits per heavy atom. The molecule has 0 N–H and O–H groups in total. The van der Waals surface area contributed by atoms with Gasteiger partial charge in [0.15, 0.2) is 11.2 Å². The van der Waals surface area contributed by atoms with Gasteiger partial charge >= 0.3 is 5.69 Å². The van der Waals surface area contributed by atoms with E-state index in [1.807, 2.05) is 22.8 Å². The van der Waals surface area contributed by atoms with E-state index in [2.05, 4.69) is 47.1 Å². The second-order valence-corrected chi connectivity index (χ2v) is 9.62. The molecule has 1 aliphatic rings. The Labute approximate surface area is 208 Å². The molecule has 0 amide bonds. The minimum atomic E-state index is -0.376. The zero-order chi connectivity index (χ0) is 24.7. The Morgan fingerprint density at radius 3 is 2.26 bits per heavy atom. The fourth-order valence-corrected chi connectivity index (χ4v) is 4.87. The Balaban J connectivity index is 1.50. The van der Waals surface area contributed by atoms with Gasteiger partial charge in [-0.15, -0.1) is 0 Å². The van der Waals surface area contributed by atoms with Crippen molar-refractivity contribution < 1.29 is 0 Å². The van der Waals surface area contributed by atoms with Crippen LogP contribution in [0.25, 0.3) is 11.2 Å². The second-order valence-electron chi connectivity index (χ2n) is 9.22. The number of fused-ring (bicyclic) bond motifs is 1. The van der Waals surface area contributed by atoms with Gasteiger partial charge in [0.05, 0.1) is 6.54 Å². The number of rotatable bonds is 5. The van der Waals surface area contributed by atoms with Gasteiger partial charge < -0.3 is 4.90 Å². The summed E-state index contributed by atoms with van der Waals surface area (Å²) in [5, 5.41) is 0.784. The van der Waals surface area contributed by atoms with Crippen molar-refractivity contribution in [2.24, 2.45) is 14.1 Å². The fraction of sp³-hybridized carbons (Fsp3) is 0.346. The molecule has 9 heteroatoms. The van der Waals surface area contributed by atoms with Crippen molar-refractivity contribution in [3.8, 4) is 0 Å². The van der Waals surface area contributed by atoms with Crippen LogP contribution in [-0.4, -0.2) is 49.8 Å². The topological polar surface area (TPSA) is 68.3 Å². The van der Waals surface area contributed by atoms with E-state index >= 15 is 0 Å². The number of hydrogen-bond donors (Lipinski definition) is 0. The van der Waals surface area contributed by atoms with Gasteiger partial charge in [-0.25, -0.2) is 4.79 Å². The third kappa shape index (κ3) is 4.39. The molecule has 182 valence electrons. The summed E-state index contributed by atoms with van der Waals surface area (Å²) in [6, 6.07) is 16.2. The van der Waals surface area contributed by atoms with Crippen molar-refractivity contribution in [1.82, 2.24) is 23.6 Å². The summed E-state index contributed by atoms with van der Waals surface area (Å²) in [5.41, 5.74) is 3.53. The number of aryl methyl sites for hydroxylation is 2. The predicted molar refractivity (Wildman–Crippen MR) is 139 cm³/mol. The molecule has 0 radical (unpaired) electrons. The zero-order valence-corrected chi connectivity index (χ0v) is 21.0. The Morgan fingerprint density at radius 2 is 1.57 bits per heavy atom. The number of piperazine rings is 1. The van der Waals surface area contributed by atoms with Gasteiger partial charge in [0.25, 0.3) is 5.56 Å². The van der Waals surface area contributed by atoms with Gasteiger partial charge in [0, 0.05) is 51.8 Å². The van der Waals surface area contributed by atoms with Crippen molar-refractivity contribution in [3.63, 3.8) is 0 Å². The molecule has 0 bridgehead atoms. The van der Waals surface area contributed by atoms with Crippen LogP contribution in [0, 0.1) is 6.92 Å². The SMILES string of the molecule is Cc1ccc(Cn2c(N3CCN(Cc4ccccc4Cl)CC3)nc3c2c(=O)n(C)c(=O)n3C)cc1. The van der Waals surface area contributed by atoms with Crippen molar-refractivity contribution >= 4 is 28.7 Å². The summed E-state index contributed by atoms with van der Waals surface area (Å²) >= 11 is 6.37. The summed E-state index contributed by atoms with van der Waals surface area (Å²) in [6.45, 7) is 6.55. The molecule has 35 heavy (non-hydrogen) atoms. The standard InChI is InChI=1S/C26H29ClN6O2/c1-18-8-10-19(11-9-18)16-33-22-23(29(2)26(35)30(3)24(22)34)28-25(33)32-14-12-31(13-15-32)17-20-6-4-5-7-21(20)27/h4-11H,12-17H2,1-3H3. The van der Waals surface area contributed by atoms with Crippen LogP contribution in [0.3, 0.4) is 0 Å². The summed E-state index contributed by atoms with van der Waals surface area (Å²) in [4.78, 5) is 35.2. The van der Waals surface area contributed by atoms with Crippen molar-refractivity contribution in [3.05, 3.63) is 91.1 Å². The molecule has 0 saturated carbocycles. The van der Waals surface area contributed by atoms with Crippen LogP contribution in [-0.2, 0) is 27.2 Å². The van der Waals surface area contributed by atoms with Crippen LogP contribution in [0.2, 0.25) is 5.02 Å². The van der Waals surface area contributed by atoms with Crippen molar-refractivity contribution in [2.45, 2.75) is 20.0 Å². The van der Waals surface area contributed by atoms with Gasteiger partial charge in [0.1, 0.15) is 0 Å². The Kier molecular flexibility index (Phi) is 6.25. The van der Waals surface area contributed by atoms with E-state index in [0.29, 0.717) is 17.7 Å². The van der Waals surface area contributed by atoms with E-state index in [9.17, 15) is 9.59 Å². The quantitative estimate of drug-likeness (QED) is 0.428. The van der Waals surface area contributed by atoms with Crippen LogP contribution in [0.15, 0.2) is 58.1 Å². The highest BCUT2D eigenvalue weighted by molar-refractivity contribution is 6.31. The number of anilines is 1. The highest BCUT2D eigenvalue weighted by Gasteiger charge is 2.26. The molecule has 2 aromatic heterocycles. The maximum atomic E-state index is 13.2. The van der Waals surface area contributed by atoms with E-state index in [0.717, 1.165) is 59.4 Å². The Hall–Kier alpha value is -3.36. The minimum absolute atomic E-state index is 0.327. The number of imidazole rings is 1. The molecule has 2 aromatic carbocycles. The van der Waals surface area contributed by atoms with Crippen molar-refractivity contribution in [1.29, 1.82) is 0 Å². The first-order valence-corrected chi connectivity index (χ1v) is 12.1. The van der Waals surface area contributed by atoms with Gasteiger partial charge in [-0.1, -0.05) is 59.6 Å². The molecule has 0 aliphatic carbocycles. The van der Waals surface area contributed by atoms with Gasteiger partial charge in [-0.2, -0.15) is 4.98 Å². The summed E-state index contributed by atoms with van der Waals surface area (Å²) in [6.07, 6.45) is 0. The zero-order valence-electron chi connectivity index (χ0n) is 20.2. The van der Waals surface area contributed by atoms with E-state index in [1.165, 1.54) is 17.2 Å². The largest absolute Gasteiger partial charge is 0.340 e. The maximum Gasteiger partial charge on any atom is 0.332 e. The average Bonchev–Trinajstić information content (AvgIpc) is 3.24. The molecule has 4 aromatic rings. The molecule has 1 aliphatic heterocycles. The Bertz CT molecular complexity index is 1490. The molecule has 3 heterocycles. The molecular weight excluding hydrogens is 464 g/mol. The van der Waals surface area contributed by atoms with E-state index in [1.54, 1.807) is 7.05 Å². The molecule has 5 rings (SSSR count). The predicted octanol–water partition coefficient (Wildman–Crippen LogP) is 2.77. The van der Waals surface area contributed by atoms with Crippen LogP contribution >= 0.6 is 11.6 Å². The third-order valence-electron chi connectivity index (χ3n) is 6.80. The van der Waals surface area contributed by atoms with Crippen LogP contribution in [0.1, 0.15) is 16.7 Å². The molecule has 1 fully saturated rings. The summed E-state index contributed by atoms with van der Waals surface area (Å²) in [7, 11) is 3.18. The first-order chi connectivity index (χ1) is 16.8. The number of nitrogens with zero attached hydrogens (tertiary/aromatic N) is 6. The van der Waals surface area contributed by atoms with E-state index < -0.39 is 0 Å². The lowest BCUT2D eigenvalue weighted by molar-refractivity contribution is 0.248. The smallest absolute Gasteiger partial charge is 0.332 e. The molecule has 0 spiro atoms. The normalized spacial score (nSPS) is 14.7. The molecular formula is C26H29ClN6O2.